The van der Waals surface area contributed by atoms with Crippen molar-refractivity contribution in [3.05, 3.63) is 29.8 Å². The van der Waals surface area contributed by atoms with Gasteiger partial charge >= 0.3 is 0 Å². The maximum Gasteiger partial charge on any atom is 0.247 e. The van der Waals surface area contributed by atoms with E-state index in [2.05, 4.69) is 5.32 Å². The fourth-order valence-electron chi connectivity index (χ4n) is 4.08. The zero-order chi connectivity index (χ0) is 23.7. The smallest absolute Gasteiger partial charge is 0.247 e. The molecule has 0 aliphatic carbocycles. The maximum atomic E-state index is 13.3. The molecule has 1 saturated heterocycles. The van der Waals surface area contributed by atoms with Gasteiger partial charge in [-0.3, -0.25) is 19.6 Å². The van der Waals surface area contributed by atoms with E-state index in [1.54, 1.807) is 24.5 Å². The summed E-state index contributed by atoms with van der Waals surface area (Å²) in [7, 11) is 0. The molecule has 32 heavy (non-hydrogen) atoms. The van der Waals surface area contributed by atoms with Crippen molar-refractivity contribution in [2.75, 3.05) is 6.54 Å². The van der Waals surface area contributed by atoms with Crippen LogP contribution in [0.1, 0.15) is 64.4 Å². The molecule has 3 amide bonds. The molecule has 1 aromatic carbocycles. The van der Waals surface area contributed by atoms with E-state index in [9.17, 15) is 24.6 Å². The van der Waals surface area contributed by atoms with Crippen LogP contribution in [0.15, 0.2) is 24.3 Å². The topological polar surface area (TPSA) is 139 Å². The number of nitrogens with one attached hydrogen (secondary N) is 2. The largest absolute Gasteiger partial charge is 0.508 e. The molecule has 1 heterocycles. The second-order valence-corrected chi connectivity index (χ2v) is 8.67. The number of unbranched alkanes of at least 4 members (excludes halogenated alkanes) is 2. The molecule has 1 aliphatic rings. The highest BCUT2D eigenvalue weighted by Crippen LogP contribution is 2.27. The summed E-state index contributed by atoms with van der Waals surface area (Å²) in [6.45, 7) is 4.00. The summed E-state index contributed by atoms with van der Waals surface area (Å²) in [6.07, 6.45) is 4.14. The molecule has 1 aromatic rings. The highest BCUT2D eigenvalue weighted by atomic mass is 16.5. The van der Waals surface area contributed by atoms with E-state index in [0.717, 1.165) is 24.8 Å². The van der Waals surface area contributed by atoms with E-state index in [1.165, 1.54) is 17.0 Å². The van der Waals surface area contributed by atoms with Gasteiger partial charge in [-0.1, -0.05) is 38.3 Å². The Balaban J connectivity index is 2.22. The number of hydrogen-bond acceptors (Lipinski definition) is 6. The third-order valence-corrected chi connectivity index (χ3v) is 5.95. The van der Waals surface area contributed by atoms with Crippen LogP contribution >= 0.6 is 0 Å². The summed E-state index contributed by atoms with van der Waals surface area (Å²) in [5, 5.41) is 31.8. The summed E-state index contributed by atoms with van der Waals surface area (Å²) in [6, 6.07) is 5.40. The SMILES string of the molecule is CCCCCC(CC(=O)NO)C(=O)NC(Cc1ccc(O)cc1)C(=O)N1CCCC1(C)O. The standard InChI is InChI=1S/C23H35N3O6/c1-3-4-5-7-17(15-20(28)25-32)21(29)24-19(14-16-8-10-18(27)11-9-16)22(30)26-13-6-12-23(26,2)31/h8-11,17,19,27,31-32H,3-7,12-15H2,1-2H3,(H,24,29)(H,25,28). The minimum atomic E-state index is -1.29. The van der Waals surface area contributed by atoms with Gasteiger partial charge in [-0.05, 0) is 43.9 Å². The predicted octanol–water partition coefficient (Wildman–Crippen LogP) is 1.84. The van der Waals surface area contributed by atoms with Crippen molar-refractivity contribution < 1.29 is 29.8 Å². The normalized spacial score (nSPS) is 19.9. The molecule has 3 atom stereocenters. The van der Waals surface area contributed by atoms with Gasteiger partial charge in [0.05, 0.1) is 0 Å². The number of benzene rings is 1. The molecule has 0 radical (unpaired) electrons. The van der Waals surface area contributed by atoms with Crippen LogP contribution in [0.25, 0.3) is 0 Å². The average Bonchev–Trinajstić information content (AvgIpc) is 3.12. The number of phenols is 1. The quantitative estimate of drug-likeness (QED) is 0.198. The Morgan fingerprint density at radius 1 is 1.19 bits per heavy atom. The monoisotopic (exact) mass is 449 g/mol. The van der Waals surface area contributed by atoms with Crippen LogP contribution < -0.4 is 10.8 Å². The van der Waals surface area contributed by atoms with Gasteiger partial charge in [0.1, 0.15) is 17.5 Å². The van der Waals surface area contributed by atoms with E-state index >= 15 is 0 Å². The van der Waals surface area contributed by atoms with Gasteiger partial charge in [0.25, 0.3) is 0 Å². The number of carbonyl (C=O) groups is 3. The Kier molecular flexibility index (Phi) is 9.46. The van der Waals surface area contributed by atoms with Crippen LogP contribution in [-0.4, -0.2) is 56.4 Å². The molecular weight excluding hydrogens is 414 g/mol. The van der Waals surface area contributed by atoms with Gasteiger partial charge in [0, 0.05) is 25.3 Å². The van der Waals surface area contributed by atoms with Crippen molar-refractivity contribution in [3.8, 4) is 5.75 Å². The Morgan fingerprint density at radius 2 is 1.88 bits per heavy atom. The number of phenolic OH excluding ortho intramolecular Hbond substituents is 1. The highest BCUT2D eigenvalue weighted by molar-refractivity contribution is 5.91. The second kappa shape index (κ2) is 11.8. The first-order valence-electron chi connectivity index (χ1n) is 11.2. The molecule has 178 valence electrons. The van der Waals surface area contributed by atoms with E-state index in [4.69, 9.17) is 5.21 Å². The van der Waals surface area contributed by atoms with Gasteiger partial charge in [0.2, 0.25) is 17.7 Å². The molecule has 0 aromatic heterocycles. The lowest BCUT2D eigenvalue weighted by Gasteiger charge is -2.34. The number of amides is 3. The highest BCUT2D eigenvalue weighted by Gasteiger charge is 2.41. The molecular formula is C23H35N3O6. The Bertz CT molecular complexity index is 780. The molecule has 1 aliphatic heterocycles. The van der Waals surface area contributed by atoms with E-state index in [1.807, 2.05) is 6.92 Å². The van der Waals surface area contributed by atoms with Crippen molar-refractivity contribution in [1.29, 1.82) is 0 Å². The first kappa shape index (κ1) is 25.6. The maximum absolute atomic E-state index is 13.3. The minimum absolute atomic E-state index is 0.0918. The van der Waals surface area contributed by atoms with Crippen LogP contribution in [0.4, 0.5) is 0 Å². The fourth-order valence-corrected chi connectivity index (χ4v) is 4.08. The molecule has 0 bridgehead atoms. The third-order valence-electron chi connectivity index (χ3n) is 5.95. The van der Waals surface area contributed by atoms with Gasteiger partial charge in [0.15, 0.2) is 0 Å². The lowest BCUT2D eigenvalue weighted by molar-refractivity contribution is -0.153. The Morgan fingerprint density at radius 3 is 2.44 bits per heavy atom. The number of hydrogen-bond donors (Lipinski definition) is 5. The Labute approximate surface area is 188 Å². The minimum Gasteiger partial charge on any atom is -0.508 e. The summed E-state index contributed by atoms with van der Waals surface area (Å²) in [5.74, 6) is -2.10. The summed E-state index contributed by atoms with van der Waals surface area (Å²) in [5.41, 5.74) is 1.01. The summed E-state index contributed by atoms with van der Waals surface area (Å²) < 4.78 is 0. The molecule has 0 saturated carbocycles. The van der Waals surface area contributed by atoms with Gasteiger partial charge in [-0.2, -0.15) is 0 Å². The van der Waals surface area contributed by atoms with E-state index in [-0.39, 0.29) is 18.6 Å². The average molecular weight is 450 g/mol. The van der Waals surface area contributed by atoms with Crippen molar-refractivity contribution in [1.82, 2.24) is 15.7 Å². The molecule has 9 nitrogen and oxygen atoms in total. The molecule has 0 spiro atoms. The lowest BCUT2D eigenvalue weighted by Crippen LogP contribution is -2.55. The Hall–Kier alpha value is -2.65. The lowest BCUT2D eigenvalue weighted by atomic mass is 9.95. The second-order valence-electron chi connectivity index (χ2n) is 8.67. The van der Waals surface area contributed by atoms with Crippen LogP contribution in [0.3, 0.4) is 0 Å². The number of aromatic hydroxyl groups is 1. The van der Waals surface area contributed by atoms with Gasteiger partial charge < -0.3 is 20.4 Å². The molecule has 9 heteroatoms. The fraction of sp³-hybridized carbons (Fsp3) is 0.609. The number of nitrogens with zero attached hydrogens (tertiary/aromatic N) is 1. The zero-order valence-corrected chi connectivity index (χ0v) is 18.8. The zero-order valence-electron chi connectivity index (χ0n) is 18.8. The molecule has 1 fully saturated rings. The van der Waals surface area contributed by atoms with E-state index in [0.29, 0.717) is 25.8 Å². The first-order valence-corrected chi connectivity index (χ1v) is 11.2. The van der Waals surface area contributed by atoms with Crippen molar-refractivity contribution in [2.24, 2.45) is 5.92 Å². The first-order chi connectivity index (χ1) is 15.2. The van der Waals surface area contributed by atoms with Crippen LogP contribution in [0.5, 0.6) is 5.75 Å². The number of likely N-dealkylation sites (tertiary alicyclic amines) is 1. The molecule has 3 unspecified atom stereocenters. The van der Waals surface area contributed by atoms with Gasteiger partial charge in [-0.25, -0.2) is 5.48 Å². The number of rotatable bonds is 11. The molecule has 2 rings (SSSR count). The third kappa shape index (κ3) is 7.20. The summed E-state index contributed by atoms with van der Waals surface area (Å²) in [4.78, 5) is 39.5. The van der Waals surface area contributed by atoms with Crippen molar-refractivity contribution in [3.63, 3.8) is 0 Å². The number of carbonyl (C=O) groups excluding carboxylic acids is 3. The van der Waals surface area contributed by atoms with Crippen molar-refractivity contribution in [2.45, 2.75) is 77.0 Å². The number of hydroxylamine groups is 1. The van der Waals surface area contributed by atoms with E-state index < -0.39 is 35.4 Å². The summed E-state index contributed by atoms with van der Waals surface area (Å²) >= 11 is 0. The molecule has 5 N–H and O–H groups in total. The van der Waals surface area contributed by atoms with Crippen LogP contribution in [0, 0.1) is 5.92 Å². The van der Waals surface area contributed by atoms with Crippen molar-refractivity contribution >= 4 is 17.7 Å². The number of aliphatic hydroxyl groups is 1. The van der Waals surface area contributed by atoms with Crippen LogP contribution in [0.2, 0.25) is 0 Å². The van der Waals surface area contributed by atoms with Crippen LogP contribution in [-0.2, 0) is 20.8 Å². The predicted molar refractivity (Wildman–Crippen MR) is 117 cm³/mol. The van der Waals surface area contributed by atoms with Gasteiger partial charge in [-0.15, -0.1) is 0 Å².